The number of hydrogen-bond donors (Lipinski definition) is 2. The molecule has 0 aromatic heterocycles. The second kappa shape index (κ2) is 11.4. The number of likely N-dealkylation sites (tertiary alicyclic amines) is 2. The van der Waals surface area contributed by atoms with Crippen LogP contribution in [0.3, 0.4) is 0 Å². The first kappa shape index (κ1) is 22.7. The molecule has 7 nitrogen and oxygen atoms in total. The van der Waals surface area contributed by atoms with E-state index in [0.717, 1.165) is 44.9 Å². The predicted molar refractivity (Wildman–Crippen MR) is 106 cm³/mol. The van der Waals surface area contributed by atoms with Crippen LogP contribution in [0, 0.1) is 17.8 Å². The molecule has 0 bridgehead atoms. The molecule has 2 N–H and O–H groups in total. The summed E-state index contributed by atoms with van der Waals surface area (Å²) in [4.78, 5) is 35.7. The number of piperidine rings is 2. The molecule has 7 heteroatoms. The summed E-state index contributed by atoms with van der Waals surface area (Å²) in [5.41, 5.74) is 0. The predicted octanol–water partition coefficient (Wildman–Crippen LogP) is 2.69. The van der Waals surface area contributed by atoms with E-state index in [1.165, 1.54) is 51.5 Å². The van der Waals surface area contributed by atoms with Gasteiger partial charge in [-0.25, -0.2) is 9.59 Å². The van der Waals surface area contributed by atoms with E-state index in [1.807, 2.05) is 0 Å². The Morgan fingerprint density at radius 3 is 1.96 bits per heavy atom. The Morgan fingerprint density at radius 2 is 1.43 bits per heavy atom. The first-order valence-electron chi connectivity index (χ1n) is 10.8. The van der Waals surface area contributed by atoms with Crippen LogP contribution in [-0.4, -0.2) is 70.6 Å². The lowest BCUT2D eigenvalue weighted by Crippen LogP contribution is -2.46. The number of carboxylic acid groups (broad SMARTS) is 2. The van der Waals surface area contributed by atoms with Crippen LogP contribution >= 0.6 is 0 Å². The zero-order chi connectivity index (χ0) is 20.5. The molecule has 0 aromatic carbocycles. The molecule has 1 unspecified atom stereocenters. The van der Waals surface area contributed by atoms with Gasteiger partial charge in [0, 0.05) is 25.6 Å². The lowest BCUT2D eigenvalue weighted by molar-refractivity contribution is -0.159. The molecule has 0 radical (unpaired) electrons. The van der Waals surface area contributed by atoms with Crippen LogP contribution in [0.25, 0.3) is 0 Å². The molecule has 3 fully saturated rings. The number of carbonyl (C=O) groups excluding carboxylic acids is 1. The summed E-state index contributed by atoms with van der Waals surface area (Å²) in [5.74, 6) is -1.24. The van der Waals surface area contributed by atoms with Gasteiger partial charge < -0.3 is 20.0 Å². The van der Waals surface area contributed by atoms with Crippen molar-refractivity contribution < 1.29 is 24.6 Å². The molecule has 2 aliphatic heterocycles. The van der Waals surface area contributed by atoms with E-state index in [0.29, 0.717) is 17.7 Å². The molecular formula is C21H36N2O5. The van der Waals surface area contributed by atoms with Gasteiger partial charge in [-0.1, -0.05) is 26.2 Å². The number of aliphatic carboxylic acids is 2. The average Bonchev–Trinajstić information content (AvgIpc) is 2.69. The van der Waals surface area contributed by atoms with E-state index in [9.17, 15) is 4.79 Å². The van der Waals surface area contributed by atoms with Crippen molar-refractivity contribution >= 4 is 17.8 Å². The summed E-state index contributed by atoms with van der Waals surface area (Å²) in [6, 6.07) is 0. The maximum absolute atomic E-state index is 12.7. The SMILES string of the molecule is CC1CCCN(C(=O)C2CCN(CC3CCCCC3)CC2)C1.O=C(O)C(=O)O. The van der Waals surface area contributed by atoms with E-state index in [-0.39, 0.29) is 0 Å². The monoisotopic (exact) mass is 396 g/mol. The average molecular weight is 397 g/mol. The van der Waals surface area contributed by atoms with Crippen molar-refractivity contribution in [2.45, 2.75) is 64.7 Å². The van der Waals surface area contributed by atoms with Gasteiger partial charge in [0.25, 0.3) is 0 Å². The van der Waals surface area contributed by atoms with Crippen molar-refractivity contribution in [1.29, 1.82) is 0 Å². The van der Waals surface area contributed by atoms with E-state index in [4.69, 9.17) is 19.8 Å². The van der Waals surface area contributed by atoms with Crippen molar-refractivity contribution in [3.05, 3.63) is 0 Å². The van der Waals surface area contributed by atoms with Gasteiger partial charge in [-0.2, -0.15) is 0 Å². The summed E-state index contributed by atoms with van der Waals surface area (Å²) >= 11 is 0. The number of hydrogen-bond acceptors (Lipinski definition) is 4. The maximum Gasteiger partial charge on any atom is 0.414 e. The van der Waals surface area contributed by atoms with E-state index in [2.05, 4.69) is 16.7 Å². The lowest BCUT2D eigenvalue weighted by atomic mass is 9.87. The molecule has 3 aliphatic rings. The zero-order valence-electron chi connectivity index (χ0n) is 17.1. The van der Waals surface area contributed by atoms with Gasteiger partial charge in [0.2, 0.25) is 5.91 Å². The Kier molecular flexibility index (Phi) is 9.22. The second-order valence-electron chi connectivity index (χ2n) is 8.72. The van der Waals surface area contributed by atoms with Crippen LogP contribution in [-0.2, 0) is 14.4 Å². The van der Waals surface area contributed by atoms with Crippen LogP contribution in [0.15, 0.2) is 0 Å². The summed E-state index contributed by atoms with van der Waals surface area (Å²) in [6.07, 6.45) is 11.9. The Morgan fingerprint density at radius 1 is 0.821 bits per heavy atom. The molecule has 2 heterocycles. The third-order valence-electron chi connectivity index (χ3n) is 6.33. The molecule has 28 heavy (non-hydrogen) atoms. The van der Waals surface area contributed by atoms with E-state index < -0.39 is 11.9 Å². The lowest BCUT2D eigenvalue weighted by Gasteiger charge is -2.38. The molecule has 3 rings (SSSR count). The fourth-order valence-electron chi connectivity index (χ4n) is 4.75. The van der Waals surface area contributed by atoms with E-state index >= 15 is 0 Å². The first-order valence-corrected chi connectivity index (χ1v) is 10.8. The normalized spacial score (nSPS) is 24.9. The van der Waals surface area contributed by atoms with Gasteiger partial charge in [0.1, 0.15) is 0 Å². The van der Waals surface area contributed by atoms with Gasteiger partial charge in [-0.3, -0.25) is 4.79 Å². The Balaban J connectivity index is 0.000000409. The molecule has 2 saturated heterocycles. The first-order chi connectivity index (χ1) is 13.4. The van der Waals surface area contributed by atoms with Crippen molar-refractivity contribution in [2.75, 3.05) is 32.7 Å². The minimum Gasteiger partial charge on any atom is -0.473 e. The molecule has 0 aromatic rings. The van der Waals surface area contributed by atoms with Gasteiger partial charge in [0.05, 0.1) is 0 Å². The Hall–Kier alpha value is -1.63. The number of amides is 1. The highest BCUT2D eigenvalue weighted by Gasteiger charge is 2.31. The fraction of sp³-hybridized carbons (Fsp3) is 0.857. The summed E-state index contributed by atoms with van der Waals surface area (Å²) in [6.45, 7) is 7.88. The highest BCUT2D eigenvalue weighted by molar-refractivity contribution is 6.27. The molecule has 1 amide bonds. The quantitative estimate of drug-likeness (QED) is 0.712. The number of nitrogens with zero attached hydrogens (tertiary/aromatic N) is 2. The van der Waals surface area contributed by atoms with Crippen LogP contribution in [0.1, 0.15) is 64.7 Å². The van der Waals surface area contributed by atoms with Crippen LogP contribution in [0.2, 0.25) is 0 Å². The largest absolute Gasteiger partial charge is 0.473 e. The van der Waals surface area contributed by atoms with Crippen molar-refractivity contribution in [1.82, 2.24) is 9.80 Å². The minimum absolute atomic E-state index is 0.313. The number of carboxylic acids is 2. The molecular weight excluding hydrogens is 360 g/mol. The summed E-state index contributed by atoms with van der Waals surface area (Å²) < 4.78 is 0. The highest BCUT2D eigenvalue weighted by Crippen LogP contribution is 2.27. The molecule has 1 aliphatic carbocycles. The highest BCUT2D eigenvalue weighted by atomic mass is 16.4. The third-order valence-corrected chi connectivity index (χ3v) is 6.33. The fourth-order valence-corrected chi connectivity index (χ4v) is 4.75. The Labute approximate surface area is 168 Å². The van der Waals surface area contributed by atoms with E-state index in [1.54, 1.807) is 0 Å². The van der Waals surface area contributed by atoms with Crippen molar-refractivity contribution in [3.63, 3.8) is 0 Å². The summed E-state index contributed by atoms with van der Waals surface area (Å²) in [7, 11) is 0. The third kappa shape index (κ3) is 7.41. The standard InChI is InChI=1S/C19H34N2O.C2H2O4/c1-16-6-5-11-21(14-16)19(22)18-9-12-20(13-10-18)15-17-7-3-2-4-8-17;3-1(4)2(5)6/h16-18H,2-15H2,1H3;(H,3,4)(H,5,6). The molecule has 1 saturated carbocycles. The minimum atomic E-state index is -1.82. The summed E-state index contributed by atoms with van der Waals surface area (Å²) in [5, 5.41) is 14.8. The van der Waals surface area contributed by atoms with Crippen molar-refractivity contribution in [3.8, 4) is 0 Å². The topological polar surface area (TPSA) is 98.2 Å². The van der Waals surface area contributed by atoms with Gasteiger partial charge >= 0.3 is 11.9 Å². The Bertz CT molecular complexity index is 513. The van der Waals surface area contributed by atoms with Gasteiger partial charge in [-0.05, 0) is 63.5 Å². The molecule has 0 spiro atoms. The van der Waals surface area contributed by atoms with Crippen LogP contribution in [0.4, 0.5) is 0 Å². The maximum atomic E-state index is 12.7. The molecule has 1 atom stereocenters. The number of carbonyl (C=O) groups is 3. The smallest absolute Gasteiger partial charge is 0.414 e. The second-order valence-corrected chi connectivity index (χ2v) is 8.72. The van der Waals surface area contributed by atoms with Gasteiger partial charge in [0.15, 0.2) is 0 Å². The zero-order valence-corrected chi connectivity index (χ0v) is 17.1. The number of rotatable bonds is 3. The molecule has 160 valence electrons. The van der Waals surface area contributed by atoms with Gasteiger partial charge in [-0.15, -0.1) is 0 Å². The van der Waals surface area contributed by atoms with Crippen molar-refractivity contribution in [2.24, 2.45) is 17.8 Å². The van der Waals surface area contributed by atoms with Crippen LogP contribution in [0.5, 0.6) is 0 Å². The van der Waals surface area contributed by atoms with Crippen LogP contribution < -0.4 is 0 Å².